The van der Waals surface area contributed by atoms with Crippen LogP contribution >= 0.6 is 15.9 Å². The Kier molecular flexibility index (Phi) is 3.36. The van der Waals surface area contributed by atoms with E-state index in [0.29, 0.717) is 0 Å². The van der Waals surface area contributed by atoms with Gasteiger partial charge >= 0.3 is 0 Å². The Morgan fingerprint density at radius 1 is 1.05 bits per heavy atom. The molecule has 1 amide bonds. The van der Waals surface area contributed by atoms with Gasteiger partial charge < -0.3 is 10.1 Å². The number of ether oxygens (including phenoxy) is 1. The molecular weight excluding hydrogens is 306 g/mol. The van der Waals surface area contributed by atoms with Crippen LogP contribution in [0.15, 0.2) is 59.1 Å². The second-order valence-corrected chi connectivity index (χ2v) is 5.30. The van der Waals surface area contributed by atoms with Crippen LogP contribution in [0.1, 0.15) is 11.7 Å². The molecule has 1 saturated heterocycles. The summed E-state index contributed by atoms with van der Waals surface area (Å²) in [5.74, 6) is -0.0980. The van der Waals surface area contributed by atoms with Crippen LogP contribution in [0.4, 0.5) is 5.69 Å². The first-order chi connectivity index (χ1) is 9.24. The highest BCUT2D eigenvalue weighted by molar-refractivity contribution is 9.10. The molecule has 2 atom stereocenters. The molecule has 0 saturated carbocycles. The summed E-state index contributed by atoms with van der Waals surface area (Å²) < 4.78 is 6.47. The molecule has 96 valence electrons. The Bertz CT molecular complexity index is 583. The number of rotatable bonds is 3. The van der Waals surface area contributed by atoms with Crippen molar-refractivity contribution in [3.63, 3.8) is 0 Å². The zero-order chi connectivity index (χ0) is 13.2. The van der Waals surface area contributed by atoms with Crippen LogP contribution in [-0.4, -0.2) is 12.0 Å². The van der Waals surface area contributed by atoms with E-state index in [1.54, 1.807) is 0 Å². The van der Waals surface area contributed by atoms with E-state index in [4.69, 9.17) is 4.74 Å². The number of nitrogens with one attached hydrogen (secondary N) is 1. The van der Waals surface area contributed by atoms with Gasteiger partial charge in [0, 0.05) is 10.2 Å². The first-order valence-corrected chi connectivity index (χ1v) is 6.80. The lowest BCUT2D eigenvalue weighted by molar-refractivity contribution is -0.117. The molecule has 0 radical (unpaired) electrons. The molecule has 3 nitrogen and oxygen atoms in total. The van der Waals surface area contributed by atoms with Crippen molar-refractivity contribution in [3.8, 4) is 0 Å². The summed E-state index contributed by atoms with van der Waals surface area (Å²) in [6.45, 7) is 0. The van der Waals surface area contributed by atoms with Gasteiger partial charge in [-0.25, -0.2) is 0 Å². The number of anilines is 1. The number of hydrogen-bond acceptors (Lipinski definition) is 2. The van der Waals surface area contributed by atoms with Crippen LogP contribution < -0.4 is 5.32 Å². The summed E-state index contributed by atoms with van der Waals surface area (Å²) in [5, 5.41) is 2.84. The molecule has 1 aliphatic rings. The SMILES string of the molecule is O=C(Nc1ccccc1)[C@H]1O[C@H]1c1ccc(Br)cc1. The fourth-order valence-corrected chi connectivity index (χ4v) is 2.22. The minimum absolute atomic E-state index is 0.0980. The van der Waals surface area contributed by atoms with Gasteiger partial charge in [-0.2, -0.15) is 0 Å². The average molecular weight is 318 g/mol. The van der Waals surface area contributed by atoms with Gasteiger partial charge in [-0.3, -0.25) is 4.79 Å². The summed E-state index contributed by atoms with van der Waals surface area (Å²) in [7, 11) is 0. The third-order valence-electron chi connectivity index (χ3n) is 2.99. The van der Waals surface area contributed by atoms with Gasteiger partial charge in [0.25, 0.3) is 5.91 Å². The normalized spacial score (nSPS) is 20.9. The molecule has 2 aromatic carbocycles. The standard InChI is InChI=1S/C15H12BrNO2/c16-11-8-6-10(7-9-11)13-14(19-13)15(18)17-12-4-2-1-3-5-12/h1-9,13-14H,(H,17,18)/t13-,14-/m0/s1. The van der Waals surface area contributed by atoms with Crippen LogP contribution in [0.3, 0.4) is 0 Å². The van der Waals surface area contributed by atoms with Gasteiger partial charge in [-0.1, -0.05) is 46.3 Å². The van der Waals surface area contributed by atoms with E-state index in [9.17, 15) is 4.79 Å². The minimum atomic E-state index is -0.388. The first kappa shape index (κ1) is 12.4. The Hall–Kier alpha value is -1.65. The lowest BCUT2D eigenvalue weighted by atomic mass is 10.1. The van der Waals surface area contributed by atoms with Crippen LogP contribution in [0.2, 0.25) is 0 Å². The maximum atomic E-state index is 12.0. The Balaban J connectivity index is 1.63. The zero-order valence-electron chi connectivity index (χ0n) is 10.0. The van der Waals surface area contributed by atoms with Gasteiger partial charge in [-0.05, 0) is 29.8 Å². The van der Waals surface area contributed by atoms with E-state index >= 15 is 0 Å². The van der Waals surface area contributed by atoms with Crippen LogP contribution in [0, 0.1) is 0 Å². The predicted octanol–water partition coefficient (Wildman–Crippen LogP) is 3.53. The molecule has 0 bridgehead atoms. The fourth-order valence-electron chi connectivity index (χ4n) is 1.95. The van der Waals surface area contributed by atoms with Gasteiger partial charge in [0.2, 0.25) is 0 Å². The maximum Gasteiger partial charge on any atom is 0.256 e. The van der Waals surface area contributed by atoms with Gasteiger partial charge in [-0.15, -0.1) is 0 Å². The van der Waals surface area contributed by atoms with Crippen LogP contribution in [0.5, 0.6) is 0 Å². The lowest BCUT2D eigenvalue weighted by Crippen LogP contribution is -2.18. The molecule has 1 fully saturated rings. The largest absolute Gasteiger partial charge is 0.354 e. The van der Waals surface area contributed by atoms with Crippen LogP contribution in [0.25, 0.3) is 0 Å². The number of hydrogen-bond donors (Lipinski definition) is 1. The minimum Gasteiger partial charge on any atom is -0.354 e. The third kappa shape index (κ3) is 2.85. The number of epoxide rings is 1. The van der Waals surface area contributed by atoms with E-state index in [-0.39, 0.29) is 18.1 Å². The molecule has 4 heteroatoms. The zero-order valence-corrected chi connectivity index (χ0v) is 11.6. The summed E-state index contributed by atoms with van der Waals surface area (Å²) in [4.78, 5) is 12.0. The van der Waals surface area contributed by atoms with Crippen molar-refractivity contribution in [2.24, 2.45) is 0 Å². The van der Waals surface area contributed by atoms with Crippen molar-refractivity contribution in [3.05, 3.63) is 64.6 Å². The Labute approximate surface area is 119 Å². The van der Waals surface area contributed by atoms with Crippen molar-refractivity contribution in [2.45, 2.75) is 12.2 Å². The molecular formula is C15H12BrNO2. The second-order valence-electron chi connectivity index (χ2n) is 4.38. The third-order valence-corrected chi connectivity index (χ3v) is 3.52. The van der Waals surface area contributed by atoms with E-state index < -0.39 is 0 Å². The van der Waals surface area contributed by atoms with E-state index in [2.05, 4.69) is 21.2 Å². The molecule has 0 unspecified atom stereocenters. The quantitative estimate of drug-likeness (QED) is 0.880. The molecule has 1 aliphatic heterocycles. The van der Waals surface area contributed by atoms with Gasteiger partial charge in [0.05, 0.1) is 0 Å². The number of carbonyl (C=O) groups is 1. The number of carbonyl (C=O) groups excluding carboxylic acids is 1. The predicted molar refractivity (Wildman–Crippen MR) is 76.8 cm³/mol. The summed E-state index contributed by atoms with van der Waals surface area (Å²) in [6.07, 6.45) is -0.516. The summed E-state index contributed by atoms with van der Waals surface area (Å²) >= 11 is 3.38. The van der Waals surface area contributed by atoms with Gasteiger partial charge in [0.1, 0.15) is 6.10 Å². The van der Waals surface area contributed by atoms with Crippen molar-refractivity contribution >= 4 is 27.5 Å². The van der Waals surface area contributed by atoms with E-state index in [1.165, 1.54) is 0 Å². The van der Waals surface area contributed by atoms with Crippen molar-refractivity contribution < 1.29 is 9.53 Å². The van der Waals surface area contributed by atoms with Crippen molar-refractivity contribution in [1.29, 1.82) is 0 Å². The first-order valence-electron chi connectivity index (χ1n) is 6.01. The fraction of sp³-hybridized carbons (Fsp3) is 0.133. The van der Waals surface area contributed by atoms with Crippen molar-refractivity contribution in [1.82, 2.24) is 0 Å². The molecule has 1 heterocycles. The van der Waals surface area contributed by atoms with Crippen LogP contribution in [-0.2, 0) is 9.53 Å². The summed E-state index contributed by atoms with van der Waals surface area (Å²) in [6, 6.07) is 17.2. The lowest BCUT2D eigenvalue weighted by Gasteiger charge is -2.02. The smallest absolute Gasteiger partial charge is 0.256 e. The Morgan fingerprint density at radius 3 is 2.42 bits per heavy atom. The summed E-state index contributed by atoms with van der Waals surface area (Å²) in [5.41, 5.74) is 1.81. The molecule has 19 heavy (non-hydrogen) atoms. The highest BCUT2D eigenvalue weighted by Crippen LogP contribution is 2.39. The second kappa shape index (κ2) is 5.15. The average Bonchev–Trinajstić information content (AvgIpc) is 3.21. The molecule has 1 N–H and O–H groups in total. The molecule has 3 rings (SSSR count). The topological polar surface area (TPSA) is 41.6 Å². The molecule has 0 spiro atoms. The molecule has 2 aromatic rings. The molecule has 0 aromatic heterocycles. The maximum absolute atomic E-state index is 12.0. The number of halogens is 1. The van der Waals surface area contributed by atoms with Gasteiger partial charge in [0.15, 0.2) is 6.10 Å². The highest BCUT2D eigenvalue weighted by atomic mass is 79.9. The highest BCUT2D eigenvalue weighted by Gasteiger charge is 2.46. The molecule has 0 aliphatic carbocycles. The van der Waals surface area contributed by atoms with E-state index in [0.717, 1.165) is 15.7 Å². The Morgan fingerprint density at radius 2 is 1.74 bits per heavy atom. The van der Waals surface area contributed by atoms with Crippen molar-refractivity contribution in [2.75, 3.05) is 5.32 Å². The number of benzene rings is 2. The monoisotopic (exact) mass is 317 g/mol. The number of para-hydroxylation sites is 1. The number of amides is 1. The van der Waals surface area contributed by atoms with E-state index in [1.807, 2.05) is 54.6 Å².